The highest BCUT2D eigenvalue weighted by molar-refractivity contribution is 5.89. The molecule has 0 atom stereocenters. The van der Waals surface area contributed by atoms with E-state index in [1.807, 2.05) is 0 Å². The molecule has 14 heteroatoms. The Morgan fingerprint density at radius 2 is 1.26 bits per heavy atom. The molecule has 2 aromatic heterocycles. The van der Waals surface area contributed by atoms with Crippen LogP contribution in [0.15, 0.2) is 79.1 Å². The van der Waals surface area contributed by atoms with Crippen LogP contribution in [0.25, 0.3) is 11.2 Å². The Balaban J connectivity index is 1.49. The van der Waals surface area contributed by atoms with E-state index in [4.69, 9.17) is 0 Å². The van der Waals surface area contributed by atoms with E-state index in [0.29, 0.717) is 33.8 Å². The highest BCUT2D eigenvalue weighted by atomic mass is 19.4. The highest BCUT2D eigenvalue weighted by Crippen LogP contribution is 2.32. The second kappa shape index (κ2) is 11.0. The van der Waals surface area contributed by atoms with Gasteiger partial charge in [-0.15, -0.1) is 0 Å². The summed E-state index contributed by atoms with van der Waals surface area (Å²) >= 11 is 0. The van der Waals surface area contributed by atoms with Gasteiger partial charge < -0.3 is 20.5 Å². The number of carbonyl (C=O) groups is 1. The first-order valence-electron chi connectivity index (χ1n) is 12.3. The van der Waals surface area contributed by atoms with Crippen LogP contribution in [0, 0.1) is 0 Å². The molecule has 2 heterocycles. The summed E-state index contributed by atoms with van der Waals surface area (Å²) < 4.78 is 79.6. The summed E-state index contributed by atoms with van der Waals surface area (Å²) in [4.78, 5) is 24.7. The minimum absolute atomic E-state index is 0.0359. The third-order valence-electron chi connectivity index (χ3n) is 6.03. The number of hydrogen-bond acceptors (Lipinski definition) is 6. The van der Waals surface area contributed by atoms with Gasteiger partial charge in [0.25, 0.3) is 0 Å². The van der Waals surface area contributed by atoms with Crippen LogP contribution in [0.1, 0.15) is 23.6 Å². The van der Waals surface area contributed by atoms with Gasteiger partial charge in [0.1, 0.15) is 0 Å². The molecule has 0 unspecified atom stereocenters. The summed E-state index contributed by atoms with van der Waals surface area (Å²) in [6, 6.07) is 15.7. The lowest BCUT2D eigenvalue weighted by Crippen LogP contribution is -2.07. The number of amides is 1. The number of aromatic nitrogens is 4. The maximum absolute atomic E-state index is 13.0. The van der Waals surface area contributed by atoms with Crippen molar-refractivity contribution in [2.75, 3.05) is 16.0 Å². The fraction of sp³-hybridized carbons (Fsp3) is 0.143. The summed E-state index contributed by atoms with van der Waals surface area (Å²) in [5, 5.41) is 8.69. The largest absolute Gasteiger partial charge is 0.416 e. The maximum atomic E-state index is 13.0. The van der Waals surface area contributed by atoms with Crippen LogP contribution in [0.2, 0.25) is 0 Å². The second-order valence-electron chi connectivity index (χ2n) is 9.22. The topological polar surface area (TPSA) is 96.8 Å². The predicted octanol–water partition coefficient (Wildman–Crippen LogP) is 7.36. The molecule has 216 valence electrons. The fourth-order valence-electron chi connectivity index (χ4n) is 4.05. The van der Waals surface area contributed by atoms with Gasteiger partial charge in [-0.3, -0.25) is 4.79 Å². The number of rotatable bonds is 7. The molecule has 3 N–H and O–H groups in total. The molecule has 0 aliphatic heterocycles. The molecule has 1 amide bonds. The molecule has 0 aliphatic rings. The molecular formula is C28H21F6N7O. The van der Waals surface area contributed by atoms with Crippen molar-refractivity contribution in [3.05, 3.63) is 95.8 Å². The van der Waals surface area contributed by atoms with Crippen LogP contribution in [0.5, 0.6) is 0 Å². The van der Waals surface area contributed by atoms with Crippen LogP contribution in [0.4, 0.5) is 55.2 Å². The first-order chi connectivity index (χ1) is 19.8. The first kappa shape index (κ1) is 28.4. The molecule has 8 nitrogen and oxygen atoms in total. The Bertz CT molecular complexity index is 1710. The zero-order valence-corrected chi connectivity index (χ0v) is 21.7. The van der Waals surface area contributed by atoms with E-state index >= 15 is 0 Å². The Kier molecular flexibility index (Phi) is 7.45. The first-order valence-corrected chi connectivity index (χ1v) is 12.3. The van der Waals surface area contributed by atoms with Gasteiger partial charge >= 0.3 is 12.4 Å². The second-order valence-corrected chi connectivity index (χ2v) is 9.22. The summed E-state index contributed by atoms with van der Waals surface area (Å²) in [5.74, 6) is 0.0624. The molecule has 5 rings (SSSR count). The Morgan fingerprint density at radius 1 is 0.738 bits per heavy atom. The van der Waals surface area contributed by atoms with Gasteiger partial charge in [0.2, 0.25) is 11.9 Å². The van der Waals surface area contributed by atoms with E-state index < -0.39 is 23.5 Å². The molecule has 0 saturated heterocycles. The van der Waals surface area contributed by atoms with Gasteiger partial charge in [0, 0.05) is 24.0 Å². The van der Waals surface area contributed by atoms with Crippen LogP contribution in [0.3, 0.4) is 0 Å². The monoisotopic (exact) mass is 585 g/mol. The van der Waals surface area contributed by atoms with Gasteiger partial charge in [-0.2, -0.15) is 36.3 Å². The van der Waals surface area contributed by atoms with E-state index in [1.54, 1.807) is 28.8 Å². The van der Waals surface area contributed by atoms with Gasteiger partial charge in [-0.1, -0.05) is 12.1 Å². The highest BCUT2D eigenvalue weighted by Gasteiger charge is 2.30. The Hall–Kier alpha value is -5.14. The fourth-order valence-corrected chi connectivity index (χ4v) is 4.05. The summed E-state index contributed by atoms with van der Waals surface area (Å²) in [6.07, 6.45) is -7.50. The van der Waals surface area contributed by atoms with E-state index in [0.717, 1.165) is 24.3 Å². The molecule has 0 fully saturated rings. The quantitative estimate of drug-likeness (QED) is 0.173. The number of fused-ring (bicyclic) bond motifs is 1. The normalized spacial score (nSPS) is 11.9. The Labute approximate surface area is 234 Å². The van der Waals surface area contributed by atoms with Crippen LogP contribution >= 0.6 is 0 Å². The predicted molar refractivity (Wildman–Crippen MR) is 145 cm³/mol. The standard InChI is InChI=1S/C28H21F6N7O/c1-16(42)36-20-10-12-21(13-11-20)37-24-23-25(40-26(39-24)38-22-8-6-19(7-9-22)28(32,33)34)41(15-35-23)14-17-2-4-18(5-3-17)27(29,30)31/h2-13,15H,14H2,1H3,(H,36,42)(H2,37,38,39,40). The number of hydrogen-bond donors (Lipinski definition) is 3. The maximum Gasteiger partial charge on any atom is 0.416 e. The van der Waals surface area contributed by atoms with Crippen molar-refractivity contribution in [1.82, 2.24) is 19.5 Å². The van der Waals surface area contributed by atoms with Crippen LogP contribution in [-0.2, 0) is 23.7 Å². The van der Waals surface area contributed by atoms with Gasteiger partial charge in [0.05, 0.1) is 24.0 Å². The molecular weight excluding hydrogens is 564 g/mol. The van der Waals surface area contributed by atoms with E-state index in [-0.39, 0.29) is 24.2 Å². The van der Waals surface area contributed by atoms with Crippen molar-refractivity contribution in [3.63, 3.8) is 0 Å². The van der Waals surface area contributed by atoms with Gasteiger partial charge in [0.15, 0.2) is 17.0 Å². The number of halogens is 6. The minimum atomic E-state index is -4.49. The number of nitrogens with one attached hydrogen (secondary N) is 3. The third kappa shape index (κ3) is 6.59. The third-order valence-corrected chi connectivity index (χ3v) is 6.03. The number of imidazole rings is 1. The molecule has 5 aromatic rings. The van der Waals surface area contributed by atoms with Crippen molar-refractivity contribution in [1.29, 1.82) is 0 Å². The molecule has 0 aliphatic carbocycles. The lowest BCUT2D eigenvalue weighted by molar-refractivity contribution is -0.138. The van der Waals surface area contributed by atoms with E-state index in [9.17, 15) is 31.1 Å². The van der Waals surface area contributed by atoms with E-state index in [1.165, 1.54) is 37.5 Å². The average Bonchev–Trinajstić information content (AvgIpc) is 3.32. The van der Waals surface area contributed by atoms with E-state index in [2.05, 4.69) is 30.9 Å². The van der Waals surface area contributed by atoms with Crippen molar-refractivity contribution < 1.29 is 31.1 Å². The van der Waals surface area contributed by atoms with Gasteiger partial charge in [-0.05, 0) is 66.2 Å². The van der Waals surface area contributed by atoms with Crippen LogP contribution < -0.4 is 16.0 Å². The average molecular weight is 586 g/mol. The Morgan fingerprint density at radius 3 is 1.83 bits per heavy atom. The van der Waals surface area contributed by atoms with Gasteiger partial charge in [-0.25, -0.2) is 4.98 Å². The van der Waals surface area contributed by atoms with Crippen molar-refractivity contribution in [3.8, 4) is 0 Å². The molecule has 42 heavy (non-hydrogen) atoms. The number of nitrogens with zero attached hydrogens (tertiary/aromatic N) is 4. The lowest BCUT2D eigenvalue weighted by Gasteiger charge is -2.12. The number of alkyl halides is 6. The minimum Gasteiger partial charge on any atom is -0.338 e. The van der Waals surface area contributed by atoms with Crippen molar-refractivity contribution in [2.24, 2.45) is 0 Å². The summed E-state index contributed by atoms with van der Waals surface area (Å²) in [7, 11) is 0. The summed E-state index contributed by atoms with van der Waals surface area (Å²) in [5.41, 5.74) is 1.07. The molecule has 0 spiro atoms. The molecule has 0 saturated carbocycles. The number of benzene rings is 3. The van der Waals surface area contributed by atoms with Crippen molar-refractivity contribution in [2.45, 2.75) is 25.8 Å². The molecule has 0 radical (unpaired) electrons. The van der Waals surface area contributed by atoms with Crippen LogP contribution in [-0.4, -0.2) is 25.4 Å². The molecule has 0 bridgehead atoms. The smallest absolute Gasteiger partial charge is 0.338 e. The molecule has 3 aromatic carbocycles. The zero-order chi connectivity index (χ0) is 30.1. The zero-order valence-electron chi connectivity index (χ0n) is 21.7. The number of carbonyl (C=O) groups excluding carboxylic acids is 1. The van der Waals surface area contributed by atoms with Crippen molar-refractivity contribution >= 4 is 45.9 Å². The summed E-state index contributed by atoms with van der Waals surface area (Å²) in [6.45, 7) is 1.52. The lowest BCUT2D eigenvalue weighted by atomic mass is 10.1. The SMILES string of the molecule is CC(=O)Nc1ccc(Nc2nc(Nc3ccc(C(F)(F)F)cc3)nc3c2ncn3Cc2ccc(C(F)(F)F)cc2)cc1. The number of anilines is 5.